The minimum absolute atomic E-state index is 0.146. The van der Waals surface area contributed by atoms with Gasteiger partial charge in [0.25, 0.3) is 0 Å². The highest BCUT2D eigenvalue weighted by molar-refractivity contribution is 7.75. The van der Waals surface area contributed by atoms with Crippen molar-refractivity contribution in [2.45, 2.75) is 90.3 Å². The molecule has 0 aromatic rings. The molecule has 2 saturated carbocycles. The summed E-state index contributed by atoms with van der Waals surface area (Å²) < 4.78 is 21.2. The first-order valence-electron chi connectivity index (χ1n) is 11.3. The number of thiol groups is 2. The van der Waals surface area contributed by atoms with E-state index in [-0.39, 0.29) is 24.1 Å². The second-order valence-corrected chi connectivity index (χ2v) is 9.55. The molecular weight excluding hydrogens is 424 g/mol. The molecule has 8 heteroatoms. The fourth-order valence-corrected chi connectivity index (χ4v) is 4.87. The topological polar surface area (TPSA) is 71.1 Å². The number of esters is 2. The average Bonchev–Trinajstić information content (AvgIpc) is 2.75. The van der Waals surface area contributed by atoms with Crippen molar-refractivity contribution in [3.63, 3.8) is 0 Å². The predicted octanol–water partition coefficient (Wildman–Crippen LogP) is 4.97. The Kier molecular flexibility index (Phi) is 11.9. The van der Waals surface area contributed by atoms with Gasteiger partial charge in [0, 0.05) is 12.8 Å². The van der Waals surface area contributed by atoms with Crippen molar-refractivity contribution in [2.75, 3.05) is 13.2 Å². The van der Waals surface area contributed by atoms with E-state index in [2.05, 4.69) is 39.7 Å². The van der Waals surface area contributed by atoms with E-state index in [1.807, 2.05) is 0 Å². The summed E-state index contributed by atoms with van der Waals surface area (Å²) in [5, 5.41) is 0. The van der Waals surface area contributed by atoms with Crippen molar-refractivity contribution in [1.29, 1.82) is 0 Å². The van der Waals surface area contributed by atoms with Crippen molar-refractivity contribution < 1.29 is 27.4 Å². The number of hydrogen-bond donors (Lipinski definition) is 2. The molecule has 0 spiro atoms. The van der Waals surface area contributed by atoms with Crippen LogP contribution in [-0.2, 0) is 27.4 Å². The van der Waals surface area contributed by atoms with Crippen LogP contribution in [0.5, 0.6) is 0 Å². The van der Waals surface area contributed by atoms with Gasteiger partial charge in [-0.3, -0.25) is 9.59 Å². The fourth-order valence-electron chi connectivity index (χ4n) is 4.48. The van der Waals surface area contributed by atoms with Crippen LogP contribution in [0.1, 0.15) is 78.1 Å². The Balaban J connectivity index is 1.53. The van der Waals surface area contributed by atoms with Gasteiger partial charge in [-0.05, 0) is 101 Å². The summed E-state index contributed by atoms with van der Waals surface area (Å²) in [5.41, 5.74) is 0. The molecule has 2 fully saturated rings. The lowest BCUT2D eigenvalue weighted by atomic mass is 9.79. The summed E-state index contributed by atoms with van der Waals surface area (Å²) in [7, 11) is 0. The van der Waals surface area contributed by atoms with E-state index < -0.39 is 0 Å². The van der Waals surface area contributed by atoms with Gasteiger partial charge in [0.15, 0.2) is 0 Å². The number of rotatable bonds is 11. The standard InChI is InChI=1S/C22H38O6S2/c1-15-7-9-19(27-29)11-17(15)13-25-21(23)5-3-4-6-22(24)26-14-18-12-20(28-30)10-8-16(18)2/h15-20,29-30H,3-14H2,1-2H3. The van der Waals surface area contributed by atoms with E-state index in [9.17, 15) is 9.59 Å². The number of ether oxygens (including phenoxy) is 2. The van der Waals surface area contributed by atoms with Crippen LogP contribution in [0.3, 0.4) is 0 Å². The maximum absolute atomic E-state index is 12.0. The smallest absolute Gasteiger partial charge is 0.305 e. The molecule has 2 rings (SSSR count). The highest BCUT2D eigenvalue weighted by Gasteiger charge is 2.30. The Bertz CT molecular complexity index is 486. The zero-order valence-electron chi connectivity index (χ0n) is 18.3. The van der Waals surface area contributed by atoms with Gasteiger partial charge < -0.3 is 17.8 Å². The van der Waals surface area contributed by atoms with Crippen LogP contribution in [0, 0.1) is 23.7 Å². The first-order valence-corrected chi connectivity index (χ1v) is 12.1. The van der Waals surface area contributed by atoms with Crippen molar-refractivity contribution in [3.05, 3.63) is 0 Å². The lowest BCUT2D eigenvalue weighted by Gasteiger charge is -2.32. The second-order valence-electron chi connectivity index (χ2n) is 9.13. The van der Waals surface area contributed by atoms with E-state index in [0.717, 1.165) is 38.5 Å². The van der Waals surface area contributed by atoms with Crippen LogP contribution < -0.4 is 0 Å². The van der Waals surface area contributed by atoms with Gasteiger partial charge in [0.05, 0.1) is 25.4 Å². The minimum atomic E-state index is -0.196. The molecule has 0 saturated heterocycles. The van der Waals surface area contributed by atoms with E-state index in [0.29, 0.717) is 62.6 Å². The van der Waals surface area contributed by atoms with Crippen molar-refractivity contribution in [3.8, 4) is 0 Å². The first-order chi connectivity index (χ1) is 14.4. The summed E-state index contributed by atoms with van der Waals surface area (Å²) >= 11 is 7.84. The van der Waals surface area contributed by atoms with Crippen LogP contribution in [0.15, 0.2) is 0 Å². The van der Waals surface area contributed by atoms with E-state index in [1.165, 1.54) is 0 Å². The van der Waals surface area contributed by atoms with E-state index >= 15 is 0 Å². The van der Waals surface area contributed by atoms with E-state index in [4.69, 9.17) is 17.8 Å². The zero-order valence-corrected chi connectivity index (χ0v) is 20.1. The number of unbranched alkanes of at least 4 members (excludes halogenated alkanes) is 1. The number of hydrogen-bond acceptors (Lipinski definition) is 8. The third kappa shape index (κ3) is 8.97. The van der Waals surface area contributed by atoms with Gasteiger partial charge >= 0.3 is 11.9 Å². The summed E-state index contributed by atoms with van der Waals surface area (Å²) in [6, 6.07) is 0. The highest BCUT2D eigenvalue weighted by Crippen LogP contribution is 2.33. The Labute approximate surface area is 192 Å². The molecule has 0 aromatic heterocycles. The number of carbonyl (C=O) groups is 2. The van der Waals surface area contributed by atoms with Crippen LogP contribution in [0.25, 0.3) is 0 Å². The van der Waals surface area contributed by atoms with Gasteiger partial charge in [-0.2, -0.15) is 0 Å². The minimum Gasteiger partial charge on any atom is -0.465 e. The molecule has 0 aromatic carbocycles. The van der Waals surface area contributed by atoms with Gasteiger partial charge in [0.1, 0.15) is 0 Å². The fraction of sp³-hybridized carbons (Fsp3) is 0.909. The largest absolute Gasteiger partial charge is 0.465 e. The summed E-state index contributed by atoms with van der Waals surface area (Å²) in [4.78, 5) is 24.0. The third-order valence-corrected chi connectivity index (χ3v) is 7.45. The quantitative estimate of drug-likeness (QED) is 0.196. The average molecular weight is 463 g/mol. The van der Waals surface area contributed by atoms with Crippen LogP contribution in [-0.4, -0.2) is 37.4 Å². The van der Waals surface area contributed by atoms with Crippen molar-refractivity contribution in [1.82, 2.24) is 0 Å². The molecule has 0 aliphatic heterocycles. The van der Waals surface area contributed by atoms with Crippen LogP contribution >= 0.6 is 25.8 Å². The highest BCUT2D eigenvalue weighted by atomic mass is 32.1. The molecule has 0 radical (unpaired) electrons. The predicted molar refractivity (Wildman–Crippen MR) is 121 cm³/mol. The molecule has 0 heterocycles. The van der Waals surface area contributed by atoms with Crippen molar-refractivity contribution in [2.24, 2.45) is 23.7 Å². The van der Waals surface area contributed by atoms with Gasteiger partial charge in [-0.25, -0.2) is 0 Å². The zero-order chi connectivity index (χ0) is 21.9. The monoisotopic (exact) mass is 462 g/mol. The van der Waals surface area contributed by atoms with Gasteiger partial charge in [0.2, 0.25) is 0 Å². The Hall–Kier alpha value is -0.440. The molecular formula is C22H38O6S2. The molecule has 6 unspecified atom stereocenters. The molecule has 6 atom stereocenters. The maximum atomic E-state index is 12.0. The first kappa shape index (κ1) is 25.8. The summed E-state index contributed by atoms with van der Waals surface area (Å²) in [5.74, 6) is 1.30. The molecule has 2 aliphatic carbocycles. The molecule has 0 bridgehead atoms. The van der Waals surface area contributed by atoms with Crippen molar-refractivity contribution >= 4 is 37.8 Å². The number of carbonyl (C=O) groups excluding carboxylic acids is 2. The molecule has 6 nitrogen and oxygen atoms in total. The van der Waals surface area contributed by atoms with Gasteiger partial charge in [-0.1, -0.05) is 13.8 Å². The Morgan fingerprint density at radius 1 is 0.733 bits per heavy atom. The molecule has 30 heavy (non-hydrogen) atoms. The van der Waals surface area contributed by atoms with Crippen LogP contribution in [0.4, 0.5) is 0 Å². The third-order valence-electron chi connectivity index (χ3n) is 6.86. The van der Waals surface area contributed by atoms with Gasteiger partial charge in [-0.15, -0.1) is 0 Å². The lowest BCUT2D eigenvalue weighted by molar-refractivity contribution is -0.148. The molecule has 0 amide bonds. The normalized spacial score (nSPS) is 31.9. The molecule has 2 aliphatic rings. The summed E-state index contributed by atoms with van der Waals surface area (Å²) in [6.45, 7) is 5.26. The SMILES string of the molecule is CC1CCC(OS)CC1COC(=O)CCCCC(=O)OCC1CC(OS)CCC1C. The lowest BCUT2D eigenvalue weighted by Crippen LogP contribution is -2.30. The molecule has 0 N–H and O–H groups in total. The second kappa shape index (κ2) is 13.9. The summed E-state index contributed by atoms with van der Waals surface area (Å²) in [6.07, 6.45) is 8.13. The Morgan fingerprint density at radius 3 is 1.50 bits per heavy atom. The maximum Gasteiger partial charge on any atom is 0.305 e. The molecule has 174 valence electrons. The van der Waals surface area contributed by atoms with Crippen LogP contribution in [0.2, 0.25) is 0 Å². The Morgan fingerprint density at radius 2 is 1.13 bits per heavy atom. The van der Waals surface area contributed by atoms with E-state index in [1.54, 1.807) is 0 Å².